The number of hydrogen-bond acceptors (Lipinski definition) is 5. The van der Waals surface area contributed by atoms with E-state index in [0.29, 0.717) is 24.7 Å². The Balaban J connectivity index is 1.35. The number of likely N-dealkylation sites (N-methyl/N-ethyl adjacent to an activating group) is 1. The molecule has 1 saturated carbocycles. The molecule has 1 fully saturated rings. The van der Waals surface area contributed by atoms with E-state index in [9.17, 15) is 4.79 Å². The van der Waals surface area contributed by atoms with Crippen LogP contribution in [-0.4, -0.2) is 29.7 Å². The van der Waals surface area contributed by atoms with Crippen LogP contribution in [0.1, 0.15) is 37.4 Å². The lowest BCUT2D eigenvalue weighted by Crippen LogP contribution is -2.48. The molecule has 0 radical (unpaired) electrons. The average molecular weight is 365 g/mol. The van der Waals surface area contributed by atoms with E-state index in [1.165, 1.54) is 0 Å². The fourth-order valence-electron chi connectivity index (χ4n) is 3.59. The summed E-state index contributed by atoms with van der Waals surface area (Å²) in [4.78, 5) is 16.7. The zero-order valence-electron chi connectivity index (χ0n) is 15.4. The lowest BCUT2D eigenvalue weighted by Gasteiger charge is -2.35. The largest absolute Gasteiger partial charge is 0.493 e. The summed E-state index contributed by atoms with van der Waals surface area (Å²) < 4.78 is 11.4. The van der Waals surface area contributed by atoms with Crippen LogP contribution in [0.4, 0.5) is 0 Å². The average Bonchev–Trinajstić information content (AvgIpc) is 3.13. The summed E-state index contributed by atoms with van der Waals surface area (Å²) in [6.45, 7) is 0.568. The Labute approximate surface area is 157 Å². The van der Waals surface area contributed by atoms with Gasteiger partial charge in [-0.05, 0) is 30.7 Å². The second kappa shape index (κ2) is 7.39. The molecule has 1 aliphatic carbocycles. The highest BCUT2D eigenvalue weighted by Gasteiger charge is 2.50. The number of hydrogen-bond donors (Lipinski definition) is 1. The lowest BCUT2D eigenvalue weighted by atomic mass is 9.68. The molecular weight excluding hydrogens is 342 g/mol. The third kappa shape index (κ3) is 3.27. The first-order valence-corrected chi connectivity index (χ1v) is 9.39. The van der Waals surface area contributed by atoms with Crippen LogP contribution in [0.15, 0.2) is 47.0 Å². The molecule has 1 N–H and O–H groups in total. The predicted molar refractivity (Wildman–Crippen MR) is 102 cm³/mol. The van der Waals surface area contributed by atoms with Gasteiger partial charge in [0, 0.05) is 18.9 Å². The summed E-state index contributed by atoms with van der Waals surface area (Å²) in [6.07, 6.45) is 3.95. The summed E-state index contributed by atoms with van der Waals surface area (Å²) in [5, 5.41) is 9.04. The van der Waals surface area contributed by atoms with Gasteiger partial charge >= 0.3 is 0 Å². The third-order valence-electron chi connectivity index (χ3n) is 5.30. The predicted octanol–water partition coefficient (Wildman–Crippen LogP) is 3.40. The minimum atomic E-state index is -0.626. The SMILES string of the molecule is CNC(=O)C1(c2nc(CCCOc3cccc4ccccc34)no2)CCC1. The van der Waals surface area contributed by atoms with Gasteiger partial charge in [-0.15, -0.1) is 0 Å². The van der Waals surface area contributed by atoms with Gasteiger partial charge in [0.15, 0.2) is 5.82 Å². The van der Waals surface area contributed by atoms with Gasteiger partial charge in [0.1, 0.15) is 11.2 Å². The molecule has 4 rings (SSSR count). The fourth-order valence-corrected chi connectivity index (χ4v) is 3.59. The molecule has 0 saturated heterocycles. The third-order valence-corrected chi connectivity index (χ3v) is 5.30. The van der Waals surface area contributed by atoms with Gasteiger partial charge in [-0.2, -0.15) is 4.98 Å². The first kappa shape index (κ1) is 17.5. The number of amides is 1. The Kier molecular flexibility index (Phi) is 4.79. The highest BCUT2D eigenvalue weighted by molar-refractivity contribution is 5.88. The van der Waals surface area contributed by atoms with Crippen molar-refractivity contribution in [2.75, 3.05) is 13.7 Å². The minimum Gasteiger partial charge on any atom is -0.493 e. The molecule has 2 aromatic carbocycles. The number of rotatable bonds is 7. The molecule has 0 unspecified atom stereocenters. The van der Waals surface area contributed by atoms with Crippen molar-refractivity contribution in [3.63, 3.8) is 0 Å². The van der Waals surface area contributed by atoms with Crippen LogP contribution < -0.4 is 10.1 Å². The molecule has 3 aromatic rings. The second-order valence-corrected chi connectivity index (χ2v) is 6.96. The molecule has 27 heavy (non-hydrogen) atoms. The summed E-state index contributed by atoms with van der Waals surface area (Å²) in [5.41, 5.74) is -0.626. The highest BCUT2D eigenvalue weighted by atomic mass is 16.5. The highest BCUT2D eigenvalue weighted by Crippen LogP contribution is 2.43. The van der Waals surface area contributed by atoms with E-state index in [1.54, 1.807) is 7.05 Å². The van der Waals surface area contributed by atoms with Crippen molar-refractivity contribution in [2.24, 2.45) is 0 Å². The maximum atomic E-state index is 12.2. The quantitative estimate of drug-likeness (QED) is 0.649. The van der Waals surface area contributed by atoms with Gasteiger partial charge in [-0.3, -0.25) is 4.79 Å². The van der Waals surface area contributed by atoms with Crippen molar-refractivity contribution >= 4 is 16.7 Å². The topological polar surface area (TPSA) is 77.2 Å². The molecular formula is C21H23N3O3. The Hall–Kier alpha value is -2.89. The molecule has 0 atom stereocenters. The van der Waals surface area contributed by atoms with Crippen molar-refractivity contribution in [2.45, 2.75) is 37.5 Å². The molecule has 6 nitrogen and oxygen atoms in total. The van der Waals surface area contributed by atoms with E-state index >= 15 is 0 Å². The van der Waals surface area contributed by atoms with E-state index < -0.39 is 5.41 Å². The summed E-state index contributed by atoms with van der Waals surface area (Å²) in [6, 6.07) is 14.2. The number of benzene rings is 2. The molecule has 0 bridgehead atoms. The Morgan fingerprint density at radius 1 is 1.22 bits per heavy atom. The summed E-state index contributed by atoms with van der Waals surface area (Å²) >= 11 is 0. The number of fused-ring (bicyclic) bond motifs is 1. The normalized spacial score (nSPS) is 15.3. The van der Waals surface area contributed by atoms with Crippen LogP contribution in [0.5, 0.6) is 5.75 Å². The van der Waals surface area contributed by atoms with Gasteiger partial charge in [0.05, 0.1) is 6.61 Å². The number of aryl methyl sites for hydroxylation is 1. The number of carbonyl (C=O) groups excluding carboxylic acids is 1. The van der Waals surface area contributed by atoms with Crippen molar-refractivity contribution in [3.05, 3.63) is 54.2 Å². The Bertz CT molecular complexity index is 941. The van der Waals surface area contributed by atoms with Crippen LogP contribution in [0, 0.1) is 0 Å². The van der Waals surface area contributed by atoms with Crippen molar-refractivity contribution in [3.8, 4) is 5.75 Å². The Morgan fingerprint density at radius 3 is 2.81 bits per heavy atom. The van der Waals surface area contributed by atoms with Crippen molar-refractivity contribution in [1.82, 2.24) is 15.5 Å². The molecule has 0 spiro atoms. The molecule has 0 aliphatic heterocycles. The van der Waals surface area contributed by atoms with Crippen LogP contribution in [0.2, 0.25) is 0 Å². The fraction of sp³-hybridized carbons (Fsp3) is 0.381. The molecule has 140 valence electrons. The first-order valence-electron chi connectivity index (χ1n) is 9.39. The summed E-state index contributed by atoms with van der Waals surface area (Å²) in [7, 11) is 1.64. The number of ether oxygens (including phenoxy) is 1. The van der Waals surface area contributed by atoms with Crippen LogP contribution in [0.25, 0.3) is 10.8 Å². The molecule has 1 heterocycles. The van der Waals surface area contributed by atoms with Crippen LogP contribution in [0.3, 0.4) is 0 Å². The van der Waals surface area contributed by atoms with E-state index in [1.807, 2.05) is 24.3 Å². The smallest absolute Gasteiger partial charge is 0.242 e. The van der Waals surface area contributed by atoms with E-state index in [0.717, 1.165) is 42.2 Å². The second-order valence-electron chi connectivity index (χ2n) is 6.96. The Morgan fingerprint density at radius 2 is 2.04 bits per heavy atom. The molecule has 1 aliphatic rings. The summed E-state index contributed by atoms with van der Waals surface area (Å²) in [5.74, 6) is 1.91. The van der Waals surface area contributed by atoms with Crippen molar-refractivity contribution in [1.29, 1.82) is 0 Å². The monoisotopic (exact) mass is 365 g/mol. The molecule has 6 heteroatoms. The zero-order chi connectivity index (χ0) is 18.7. The zero-order valence-corrected chi connectivity index (χ0v) is 15.4. The number of carbonyl (C=O) groups is 1. The van der Waals surface area contributed by atoms with Crippen molar-refractivity contribution < 1.29 is 14.1 Å². The lowest BCUT2D eigenvalue weighted by molar-refractivity contribution is -0.130. The van der Waals surface area contributed by atoms with Crippen LogP contribution in [-0.2, 0) is 16.6 Å². The number of nitrogens with zero attached hydrogens (tertiary/aromatic N) is 2. The maximum absolute atomic E-state index is 12.2. The van der Waals surface area contributed by atoms with Gasteiger partial charge in [0.25, 0.3) is 0 Å². The standard InChI is InChI=1S/C21H23N3O3/c1-22-19(25)21(12-6-13-21)20-23-18(24-27-20)11-5-14-26-17-10-4-8-15-7-2-3-9-16(15)17/h2-4,7-10H,5-6,11-14H2,1H3,(H,22,25). The van der Waals surface area contributed by atoms with E-state index in [-0.39, 0.29) is 5.91 Å². The van der Waals surface area contributed by atoms with Gasteiger partial charge in [0.2, 0.25) is 11.8 Å². The van der Waals surface area contributed by atoms with Gasteiger partial charge < -0.3 is 14.6 Å². The molecule has 1 aromatic heterocycles. The minimum absolute atomic E-state index is 0.0387. The molecule has 1 amide bonds. The van der Waals surface area contributed by atoms with E-state index in [2.05, 4.69) is 33.7 Å². The van der Waals surface area contributed by atoms with Gasteiger partial charge in [-0.1, -0.05) is 48.0 Å². The first-order chi connectivity index (χ1) is 13.2. The van der Waals surface area contributed by atoms with E-state index in [4.69, 9.17) is 9.26 Å². The van der Waals surface area contributed by atoms with Crippen LogP contribution >= 0.6 is 0 Å². The van der Waals surface area contributed by atoms with Gasteiger partial charge in [-0.25, -0.2) is 0 Å². The maximum Gasteiger partial charge on any atom is 0.242 e. The number of aromatic nitrogens is 2. The number of nitrogens with one attached hydrogen (secondary N) is 1.